The first-order valence-electron chi connectivity index (χ1n) is 10.1. The molecule has 1 heterocycles. The van der Waals surface area contributed by atoms with Gasteiger partial charge in [-0.2, -0.15) is 0 Å². The lowest BCUT2D eigenvalue weighted by molar-refractivity contribution is -0.384. The minimum atomic E-state index is -0.562. The van der Waals surface area contributed by atoms with Gasteiger partial charge in [-0.25, -0.2) is 0 Å². The molecule has 3 aromatic carbocycles. The van der Waals surface area contributed by atoms with E-state index in [0.717, 1.165) is 32.7 Å². The number of fused-ring (bicyclic) bond motifs is 1. The average molecular weight is 439 g/mol. The molecular weight excluding hydrogens is 416 g/mol. The highest BCUT2D eigenvalue weighted by molar-refractivity contribution is 6.32. The lowest BCUT2D eigenvalue weighted by Crippen LogP contribution is -2.48. The monoisotopic (exact) mass is 438 g/mol. The van der Waals surface area contributed by atoms with Gasteiger partial charge in [-0.3, -0.25) is 24.7 Å². The van der Waals surface area contributed by atoms with Crippen LogP contribution in [0.15, 0.2) is 60.7 Å². The second kappa shape index (κ2) is 9.43. The summed E-state index contributed by atoms with van der Waals surface area (Å²) in [5.41, 5.74) is 1.46. The summed E-state index contributed by atoms with van der Waals surface area (Å²) in [5.74, 6) is -0.195. The second-order valence-electron chi connectivity index (χ2n) is 7.66. The van der Waals surface area contributed by atoms with Crippen molar-refractivity contribution in [2.24, 2.45) is 0 Å². The summed E-state index contributed by atoms with van der Waals surface area (Å²) in [6.07, 6.45) is 0. The molecule has 1 saturated heterocycles. The molecule has 160 valence electrons. The summed E-state index contributed by atoms with van der Waals surface area (Å²) in [5, 5.41) is 16.3. The van der Waals surface area contributed by atoms with E-state index in [2.05, 4.69) is 57.6 Å². The van der Waals surface area contributed by atoms with E-state index in [4.69, 9.17) is 11.6 Å². The van der Waals surface area contributed by atoms with E-state index in [-0.39, 0.29) is 23.2 Å². The zero-order chi connectivity index (χ0) is 21.8. The van der Waals surface area contributed by atoms with Crippen LogP contribution in [-0.2, 0) is 11.3 Å². The van der Waals surface area contributed by atoms with E-state index >= 15 is 0 Å². The van der Waals surface area contributed by atoms with Crippen molar-refractivity contribution in [3.8, 4) is 0 Å². The Kier molecular flexibility index (Phi) is 6.46. The van der Waals surface area contributed by atoms with Gasteiger partial charge in [0, 0.05) is 44.5 Å². The molecule has 8 heteroatoms. The van der Waals surface area contributed by atoms with Gasteiger partial charge in [-0.1, -0.05) is 54.1 Å². The number of amides is 1. The van der Waals surface area contributed by atoms with E-state index in [1.165, 1.54) is 28.5 Å². The Balaban J connectivity index is 1.29. The van der Waals surface area contributed by atoms with Crippen LogP contribution in [0, 0.1) is 10.1 Å². The molecule has 0 spiro atoms. The van der Waals surface area contributed by atoms with Gasteiger partial charge in [-0.05, 0) is 28.5 Å². The number of carbonyl (C=O) groups is 1. The molecule has 1 N–H and O–H groups in total. The van der Waals surface area contributed by atoms with Crippen LogP contribution < -0.4 is 5.32 Å². The Morgan fingerprint density at radius 2 is 1.71 bits per heavy atom. The Bertz CT molecular complexity index is 1110. The molecule has 7 nitrogen and oxygen atoms in total. The van der Waals surface area contributed by atoms with Crippen LogP contribution in [0.5, 0.6) is 0 Å². The predicted molar refractivity (Wildman–Crippen MR) is 122 cm³/mol. The molecule has 0 atom stereocenters. The maximum absolute atomic E-state index is 12.4. The van der Waals surface area contributed by atoms with Gasteiger partial charge in [0.25, 0.3) is 5.69 Å². The molecule has 0 aromatic heterocycles. The van der Waals surface area contributed by atoms with Gasteiger partial charge < -0.3 is 5.32 Å². The van der Waals surface area contributed by atoms with Crippen LogP contribution in [0.25, 0.3) is 10.8 Å². The number of rotatable bonds is 6. The lowest BCUT2D eigenvalue weighted by Gasteiger charge is -2.34. The lowest BCUT2D eigenvalue weighted by atomic mass is 10.0. The number of halogens is 1. The zero-order valence-electron chi connectivity index (χ0n) is 17.0. The largest absolute Gasteiger partial charge is 0.325 e. The van der Waals surface area contributed by atoms with Crippen LogP contribution in [0.3, 0.4) is 0 Å². The van der Waals surface area contributed by atoms with Crippen molar-refractivity contribution in [1.82, 2.24) is 9.80 Å². The fraction of sp³-hybridized carbons (Fsp3) is 0.261. The third-order valence-electron chi connectivity index (χ3n) is 5.53. The van der Waals surface area contributed by atoms with Crippen LogP contribution in [0.2, 0.25) is 5.02 Å². The molecule has 0 unspecified atom stereocenters. The Morgan fingerprint density at radius 1 is 1.00 bits per heavy atom. The molecule has 1 aliphatic rings. The van der Waals surface area contributed by atoms with Gasteiger partial charge in [0.1, 0.15) is 5.02 Å². The Morgan fingerprint density at radius 3 is 2.48 bits per heavy atom. The molecule has 3 aromatic rings. The molecule has 31 heavy (non-hydrogen) atoms. The molecule has 1 aliphatic heterocycles. The maximum atomic E-state index is 12.4. The fourth-order valence-electron chi connectivity index (χ4n) is 3.91. The van der Waals surface area contributed by atoms with Crippen LogP contribution in [0.4, 0.5) is 11.4 Å². The number of carbonyl (C=O) groups excluding carboxylic acids is 1. The second-order valence-corrected chi connectivity index (χ2v) is 8.07. The molecule has 4 rings (SSSR count). The molecule has 0 radical (unpaired) electrons. The highest BCUT2D eigenvalue weighted by Crippen LogP contribution is 2.27. The van der Waals surface area contributed by atoms with Gasteiger partial charge in [0.2, 0.25) is 5.91 Å². The summed E-state index contributed by atoms with van der Waals surface area (Å²) >= 11 is 5.82. The van der Waals surface area contributed by atoms with Crippen molar-refractivity contribution >= 4 is 39.7 Å². The first-order chi connectivity index (χ1) is 15.0. The van der Waals surface area contributed by atoms with E-state index < -0.39 is 4.92 Å². The summed E-state index contributed by atoms with van der Waals surface area (Å²) in [7, 11) is 0. The van der Waals surface area contributed by atoms with Crippen molar-refractivity contribution in [3.63, 3.8) is 0 Å². The Hall–Kier alpha value is -3.00. The van der Waals surface area contributed by atoms with Crippen molar-refractivity contribution in [1.29, 1.82) is 0 Å². The highest BCUT2D eigenvalue weighted by atomic mass is 35.5. The summed E-state index contributed by atoms with van der Waals surface area (Å²) in [4.78, 5) is 27.3. The molecule has 0 bridgehead atoms. The standard InChI is InChI=1S/C23H23ClN4O3/c24-21-9-8-19(14-22(21)28(30)31)25-23(29)16-27-12-10-26(11-13-27)15-18-6-3-5-17-4-1-2-7-20(17)18/h1-9,14H,10-13,15-16H2,(H,25,29). The molecule has 1 amide bonds. The molecular formula is C23H23ClN4O3. The zero-order valence-corrected chi connectivity index (χ0v) is 17.7. The minimum absolute atomic E-state index is 0.0466. The quantitative estimate of drug-likeness (QED) is 0.462. The van der Waals surface area contributed by atoms with Crippen LogP contribution in [-0.4, -0.2) is 53.4 Å². The maximum Gasteiger partial charge on any atom is 0.289 e. The minimum Gasteiger partial charge on any atom is -0.325 e. The molecule has 0 aliphatic carbocycles. The normalized spacial score (nSPS) is 15.1. The van der Waals surface area contributed by atoms with Gasteiger partial charge in [0.05, 0.1) is 11.5 Å². The number of nitro groups is 1. The summed E-state index contributed by atoms with van der Waals surface area (Å²) < 4.78 is 0. The predicted octanol–water partition coefficient (Wildman–Crippen LogP) is 4.16. The van der Waals surface area contributed by atoms with Gasteiger partial charge >= 0.3 is 0 Å². The summed E-state index contributed by atoms with van der Waals surface area (Å²) in [6, 6.07) is 19.1. The number of anilines is 1. The van der Waals surface area contributed by atoms with Crippen molar-refractivity contribution in [2.45, 2.75) is 6.54 Å². The van der Waals surface area contributed by atoms with Crippen molar-refractivity contribution < 1.29 is 9.72 Å². The van der Waals surface area contributed by atoms with Gasteiger partial charge in [0.15, 0.2) is 0 Å². The average Bonchev–Trinajstić information content (AvgIpc) is 2.76. The van der Waals surface area contributed by atoms with Crippen molar-refractivity contribution in [2.75, 3.05) is 38.0 Å². The van der Waals surface area contributed by atoms with Crippen LogP contribution in [0.1, 0.15) is 5.56 Å². The summed E-state index contributed by atoms with van der Waals surface area (Å²) in [6.45, 7) is 4.47. The topological polar surface area (TPSA) is 78.7 Å². The molecule has 0 saturated carbocycles. The first kappa shape index (κ1) is 21.2. The fourth-order valence-corrected chi connectivity index (χ4v) is 4.10. The number of hydrogen-bond acceptors (Lipinski definition) is 5. The van der Waals surface area contributed by atoms with E-state index in [0.29, 0.717) is 5.69 Å². The SMILES string of the molecule is O=C(CN1CCN(Cc2cccc3ccccc23)CC1)Nc1ccc(Cl)c([N+](=O)[O-])c1. The van der Waals surface area contributed by atoms with Crippen LogP contribution >= 0.6 is 11.6 Å². The third kappa shape index (κ3) is 5.19. The van der Waals surface area contributed by atoms with E-state index in [1.807, 2.05) is 0 Å². The number of nitrogens with zero attached hydrogens (tertiary/aromatic N) is 3. The smallest absolute Gasteiger partial charge is 0.289 e. The van der Waals surface area contributed by atoms with E-state index in [1.54, 1.807) is 6.07 Å². The highest BCUT2D eigenvalue weighted by Gasteiger charge is 2.20. The number of benzene rings is 3. The van der Waals surface area contributed by atoms with Gasteiger partial charge in [-0.15, -0.1) is 0 Å². The number of nitro benzene ring substituents is 1. The van der Waals surface area contributed by atoms with Crippen molar-refractivity contribution in [3.05, 3.63) is 81.4 Å². The van der Waals surface area contributed by atoms with E-state index in [9.17, 15) is 14.9 Å². The first-order valence-corrected chi connectivity index (χ1v) is 10.5. The number of piperazine rings is 1. The number of hydrogen-bond donors (Lipinski definition) is 1. The third-order valence-corrected chi connectivity index (χ3v) is 5.85. The molecule has 1 fully saturated rings. The number of nitrogens with one attached hydrogen (secondary N) is 1. The Labute approximate surface area is 185 Å².